The monoisotopic (exact) mass is 391 g/mol. The van der Waals surface area contributed by atoms with E-state index in [1.54, 1.807) is 11.0 Å². The van der Waals surface area contributed by atoms with Crippen molar-refractivity contribution >= 4 is 6.09 Å². The van der Waals surface area contributed by atoms with E-state index >= 15 is 0 Å². The van der Waals surface area contributed by atoms with Gasteiger partial charge in [-0.3, -0.25) is 4.90 Å². The lowest BCUT2D eigenvalue weighted by atomic mass is 10.0. The molecule has 1 amide bonds. The number of methoxy groups -OCH3 is 1. The summed E-state index contributed by atoms with van der Waals surface area (Å²) in [7, 11) is 1.38. The number of halogens is 1. The molecule has 0 aliphatic carbocycles. The number of carbonyl (C=O) groups excluding carboxylic acids is 1. The van der Waals surface area contributed by atoms with E-state index in [1.165, 1.54) is 13.2 Å². The highest BCUT2D eigenvalue weighted by Crippen LogP contribution is 2.35. The van der Waals surface area contributed by atoms with E-state index in [0.717, 1.165) is 0 Å². The Kier molecular flexibility index (Phi) is 5.77. The highest BCUT2D eigenvalue weighted by molar-refractivity contribution is 5.68. The number of nitrogens with zero attached hydrogens (tertiary/aromatic N) is 3. The number of nitriles is 1. The summed E-state index contributed by atoms with van der Waals surface area (Å²) in [5, 5.41) is 9.01. The van der Waals surface area contributed by atoms with Crippen LogP contribution in [0.5, 0.6) is 5.75 Å². The van der Waals surface area contributed by atoms with Crippen molar-refractivity contribution in [1.29, 1.82) is 5.26 Å². The van der Waals surface area contributed by atoms with Crippen LogP contribution < -0.4 is 4.74 Å². The predicted molar refractivity (Wildman–Crippen MR) is 99.5 cm³/mol. The number of ether oxygens (including phenoxy) is 3. The number of rotatable bonds is 2. The largest absolute Gasteiger partial charge is 0.493 e. The zero-order valence-electron chi connectivity index (χ0n) is 16.7. The lowest BCUT2D eigenvalue weighted by Crippen LogP contribution is -2.60. The van der Waals surface area contributed by atoms with Crippen LogP contribution >= 0.6 is 0 Å². The third-order valence-electron chi connectivity index (χ3n) is 4.95. The standard InChI is InChI=1S/C20H26FN3O4/c1-20(2,3)28-19(25)24-8-7-23-11-16(27-12-14(23)10-24)15-6-5-13(9-22)17(21)18(15)26-4/h5-6,14,16H,7-8,10-12H2,1-4H3/t14-,16+/m1/s1. The maximum Gasteiger partial charge on any atom is 0.410 e. The molecule has 0 bridgehead atoms. The van der Waals surface area contributed by atoms with Gasteiger partial charge in [-0.25, -0.2) is 9.18 Å². The van der Waals surface area contributed by atoms with Gasteiger partial charge >= 0.3 is 6.09 Å². The molecule has 0 unspecified atom stereocenters. The van der Waals surface area contributed by atoms with Gasteiger partial charge in [0, 0.05) is 31.7 Å². The van der Waals surface area contributed by atoms with Crippen LogP contribution in [-0.2, 0) is 9.47 Å². The van der Waals surface area contributed by atoms with Crippen LogP contribution in [0.2, 0.25) is 0 Å². The number of fused-ring (bicyclic) bond motifs is 1. The zero-order chi connectivity index (χ0) is 20.5. The highest BCUT2D eigenvalue weighted by Gasteiger charge is 2.37. The molecule has 7 nitrogen and oxygen atoms in total. The van der Waals surface area contributed by atoms with E-state index in [9.17, 15) is 9.18 Å². The number of carbonyl (C=O) groups is 1. The second-order valence-electron chi connectivity index (χ2n) is 8.06. The van der Waals surface area contributed by atoms with E-state index in [0.29, 0.717) is 38.3 Å². The van der Waals surface area contributed by atoms with Crippen molar-refractivity contribution in [3.63, 3.8) is 0 Å². The van der Waals surface area contributed by atoms with Crippen LogP contribution in [0, 0.1) is 17.1 Å². The Bertz CT molecular complexity index is 787. The van der Waals surface area contributed by atoms with Crippen molar-refractivity contribution in [2.75, 3.05) is 39.9 Å². The maximum atomic E-state index is 14.4. The fraction of sp³-hybridized carbons (Fsp3) is 0.600. The summed E-state index contributed by atoms with van der Waals surface area (Å²) in [5.41, 5.74) is 0.00535. The molecule has 0 N–H and O–H groups in total. The first-order valence-electron chi connectivity index (χ1n) is 9.33. The van der Waals surface area contributed by atoms with Gasteiger partial charge in [-0.05, 0) is 26.8 Å². The van der Waals surface area contributed by atoms with Gasteiger partial charge in [0.15, 0.2) is 11.6 Å². The van der Waals surface area contributed by atoms with Crippen LogP contribution in [0.3, 0.4) is 0 Å². The fourth-order valence-corrected chi connectivity index (χ4v) is 3.58. The molecule has 152 valence electrons. The second kappa shape index (κ2) is 7.94. The summed E-state index contributed by atoms with van der Waals surface area (Å²) in [5.74, 6) is -0.613. The number of hydrogen-bond acceptors (Lipinski definition) is 6. The molecular weight excluding hydrogens is 365 g/mol. The average Bonchev–Trinajstić information content (AvgIpc) is 2.65. The Balaban J connectivity index is 1.68. The minimum absolute atomic E-state index is 0.0508. The second-order valence-corrected chi connectivity index (χ2v) is 8.06. The molecule has 2 atom stereocenters. The summed E-state index contributed by atoms with van der Waals surface area (Å²) in [4.78, 5) is 16.3. The first-order chi connectivity index (χ1) is 13.2. The Morgan fingerprint density at radius 2 is 2.07 bits per heavy atom. The van der Waals surface area contributed by atoms with Crippen LogP contribution in [0.15, 0.2) is 12.1 Å². The zero-order valence-corrected chi connectivity index (χ0v) is 16.7. The lowest BCUT2D eigenvalue weighted by molar-refractivity contribution is -0.0912. The van der Waals surface area contributed by atoms with E-state index in [1.807, 2.05) is 26.8 Å². The molecule has 2 fully saturated rings. The van der Waals surface area contributed by atoms with Crippen LogP contribution in [0.1, 0.15) is 38.0 Å². The highest BCUT2D eigenvalue weighted by atomic mass is 19.1. The summed E-state index contributed by atoms with van der Waals surface area (Å²) >= 11 is 0. The van der Waals surface area contributed by atoms with Crippen molar-refractivity contribution in [3.05, 3.63) is 29.1 Å². The number of amides is 1. The maximum absolute atomic E-state index is 14.4. The fourth-order valence-electron chi connectivity index (χ4n) is 3.58. The van der Waals surface area contributed by atoms with Gasteiger partial charge in [0.05, 0.1) is 31.4 Å². The molecule has 2 heterocycles. The molecule has 0 spiro atoms. The van der Waals surface area contributed by atoms with Crippen molar-refractivity contribution in [2.24, 2.45) is 0 Å². The lowest BCUT2D eigenvalue weighted by Gasteiger charge is -2.46. The van der Waals surface area contributed by atoms with Crippen molar-refractivity contribution in [1.82, 2.24) is 9.80 Å². The summed E-state index contributed by atoms with van der Waals surface area (Å²) in [6, 6.07) is 5.01. The summed E-state index contributed by atoms with van der Waals surface area (Å²) in [6.07, 6.45) is -0.674. The molecule has 1 aromatic rings. The van der Waals surface area contributed by atoms with Gasteiger partial charge in [0.2, 0.25) is 0 Å². The number of piperazine rings is 1. The van der Waals surface area contributed by atoms with Crippen molar-refractivity contribution in [3.8, 4) is 11.8 Å². The smallest absolute Gasteiger partial charge is 0.410 e. The molecule has 28 heavy (non-hydrogen) atoms. The quantitative estimate of drug-likeness (QED) is 0.772. The van der Waals surface area contributed by atoms with Gasteiger partial charge in [0.1, 0.15) is 11.7 Å². The van der Waals surface area contributed by atoms with Gasteiger partial charge in [-0.2, -0.15) is 5.26 Å². The number of hydrogen-bond donors (Lipinski definition) is 0. The van der Waals surface area contributed by atoms with E-state index in [4.69, 9.17) is 19.5 Å². The molecule has 1 aromatic carbocycles. The first kappa shape index (κ1) is 20.4. The van der Waals surface area contributed by atoms with Gasteiger partial charge in [-0.1, -0.05) is 6.07 Å². The Labute approximate surface area is 164 Å². The molecule has 2 aliphatic rings. The molecule has 0 saturated carbocycles. The third kappa shape index (κ3) is 4.21. The molecule has 0 aromatic heterocycles. The molecule has 3 rings (SSSR count). The third-order valence-corrected chi connectivity index (χ3v) is 4.95. The van der Waals surface area contributed by atoms with Crippen LogP contribution in [0.4, 0.5) is 9.18 Å². The number of benzene rings is 1. The van der Waals surface area contributed by atoms with Gasteiger partial charge < -0.3 is 19.1 Å². The van der Waals surface area contributed by atoms with Crippen molar-refractivity contribution < 1.29 is 23.4 Å². The topological polar surface area (TPSA) is 75.0 Å². The molecular formula is C20H26FN3O4. The minimum Gasteiger partial charge on any atom is -0.493 e. The predicted octanol–water partition coefficient (Wildman–Crippen LogP) is 2.70. The molecule has 8 heteroatoms. The molecule has 0 radical (unpaired) electrons. The van der Waals surface area contributed by atoms with Crippen LogP contribution in [0.25, 0.3) is 0 Å². The number of morpholine rings is 1. The summed E-state index contributed by atoms with van der Waals surface area (Å²) in [6.45, 7) is 8.30. The minimum atomic E-state index is -0.664. The molecule has 2 saturated heterocycles. The summed E-state index contributed by atoms with van der Waals surface area (Å²) < 4.78 is 31.1. The van der Waals surface area contributed by atoms with E-state index < -0.39 is 11.4 Å². The molecule has 2 aliphatic heterocycles. The van der Waals surface area contributed by atoms with Gasteiger partial charge in [0.25, 0.3) is 0 Å². The van der Waals surface area contributed by atoms with E-state index in [-0.39, 0.29) is 29.6 Å². The Morgan fingerprint density at radius 3 is 2.71 bits per heavy atom. The van der Waals surface area contributed by atoms with Crippen molar-refractivity contribution in [2.45, 2.75) is 38.5 Å². The van der Waals surface area contributed by atoms with Crippen LogP contribution in [-0.4, -0.2) is 67.4 Å². The average molecular weight is 391 g/mol. The Hall–Kier alpha value is -2.37. The van der Waals surface area contributed by atoms with E-state index in [2.05, 4.69) is 4.90 Å². The SMILES string of the molecule is COc1c([C@@H]2CN3CCN(C(=O)OC(C)(C)C)C[C@@H]3CO2)ccc(C#N)c1F. The van der Waals surface area contributed by atoms with Gasteiger partial charge in [-0.15, -0.1) is 0 Å². The Morgan fingerprint density at radius 1 is 1.32 bits per heavy atom. The first-order valence-corrected chi connectivity index (χ1v) is 9.33. The normalized spacial score (nSPS) is 22.9.